The Bertz CT molecular complexity index is 2760. The van der Waals surface area contributed by atoms with Gasteiger partial charge in [0.05, 0.1) is 11.0 Å². The lowest BCUT2D eigenvalue weighted by Crippen LogP contribution is -1.97. The predicted molar refractivity (Wildman–Crippen MR) is 222 cm³/mol. The van der Waals surface area contributed by atoms with Crippen LogP contribution in [-0.4, -0.2) is 9.55 Å². The summed E-state index contributed by atoms with van der Waals surface area (Å²) in [5.74, 6) is 0.932. The van der Waals surface area contributed by atoms with Crippen LogP contribution in [0.5, 0.6) is 0 Å². The highest BCUT2D eigenvalue weighted by Gasteiger charge is 2.17. The van der Waals surface area contributed by atoms with Gasteiger partial charge in [-0.2, -0.15) is 0 Å². The van der Waals surface area contributed by atoms with E-state index in [9.17, 15) is 0 Å². The van der Waals surface area contributed by atoms with E-state index in [1.165, 1.54) is 60.5 Å². The Hall–Kier alpha value is -6.77. The molecule has 0 fully saturated rings. The number of allylic oxidation sites excluding steroid dienone is 3. The number of rotatable bonds is 7. The van der Waals surface area contributed by atoms with E-state index in [2.05, 4.69) is 206 Å². The SMILES string of the molecule is C/C=C\C=C/c1cc(-c2ccc(-c3nc4ccccc4n3-c3ccccc3)cc2)c2ccccc2c1-c1ccc(-c2cccc3ccccc23)cc1. The molecule has 0 saturated heterocycles. The standard InChI is InChI=1S/C50H36N2/c1-2-3-5-16-40-34-46(37-28-32-39(33-29-37)50-51-47-24-12-13-25-48(47)52(50)41-18-6-4-7-19-41)44-21-10-11-22-45(44)49(40)38-30-26-36(27-31-38)43-23-14-17-35-15-8-9-20-42(35)43/h2-34H,1H3/b3-2-,16-5-. The Morgan fingerprint density at radius 3 is 1.88 bits per heavy atom. The summed E-state index contributed by atoms with van der Waals surface area (Å²) < 4.78 is 2.25. The lowest BCUT2D eigenvalue weighted by molar-refractivity contribution is 1.10. The molecular weight excluding hydrogens is 629 g/mol. The first-order chi connectivity index (χ1) is 25.8. The molecule has 0 spiro atoms. The van der Waals surface area contributed by atoms with Crippen LogP contribution in [0.15, 0.2) is 194 Å². The van der Waals surface area contributed by atoms with Crippen molar-refractivity contribution in [1.82, 2.24) is 9.55 Å². The van der Waals surface area contributed by atoms with E-state index >= 15 is 0 Å². The molecule has 1 aromatic heterocycles. The van der Waals surface area contributed by atoms with Crippen LogP contribution in [0, 0.1) is 0 Å². The molecule has 9 rings (SSSR count). The Balaban J connectivity index is 1.16. The molecule has 0 aliphatic carbocycles. The van der Waals surface area contributed by atoms with Gasteiger partial charge in [-0.15, -0.1) is 0 Å². The first-order valence-corrected chi connectivity index (χ1v) is 17.8. The summed E-state index contributed by atoms with van der Waals surface area (Å²) in [6.45, 7) is 2.05. The van der Waals surface area contributed by atoms with Gasteiger partial charge in [-0.3, -0.25) is 4.57 Å². The van der Waals surface area contributed by atoms with Crippen molar-refractivity contribution >= 4 is 38.7 Å². The van der Waals surface area contributed by atoms with Crippen LogP contribution in [0.2, 0.25) is 0 Å². The van der Waals surface area contributed by atoms with E-state index in [-0.39, 0.29) is 0 Å². The van der Waals surface area contributed by atoms with Crippen LogP contribution in [-0.2, 0) is 0 Å². The van der Waals surface area contributed by atoms with E-state index in [0.29, 0.717) is 0 Å². The molecule has 0 bridgehead atoms. The number of para-hydroxylation sites is 3. The van der Waals surface area contributed by atoms with Crippen LogP contribution in [0.1, 0.15) is 12.5 Å². The lowest BCUT2D eigenvalue weighted by atomic mass is 9.87. The first kappa shape index (κ1) is 31.2. The van der Waals surface area contributed by atoms with Crippen molar-refractivity contribution in [2.75, 3.05) is 0 Å². The van der Waals surface area contributed by atoms with Gasteiger partial charge in [0, 0.05) is 11.3 Å². The van der Waals surface area contributed by atoms with Crippen LogP contribution in [0.3, 0.4) is 0 Å². The minimum atomic E-state index is 0.932. The summed E-state index contributed by atoms with van der Waals surface area (Å²) in [6.07, 6.45) is 8.54. The van der Waals surface area contributed by atoms with Gasteiger partial charge in [0.1, 0.15) is 5.82 Å². The maximum absolute atomic E-state index is 5.10. The number of hydrogen-bond acceptors (Lipinski definition) is 1. The molecule has 9 aromatic rings. The molecule has 1 heterocycles. The molecule has 0 N–H and O–H groups in total. The van der Waals surface area contributed by atoms with Crippen molar-refractivity contribution < 1.29 is 0 Å². The number of fused-ring (bicyclic) bond motifs is 3. The number of nitrogens with zero attached hydrogens (tertiary/aromatic N) is 2. The molecule has 52 heavy (non-hydrogen) atoms. The topological polar surface area (TPSA) is 17.8 Å². The largest absolute Gasteiger partial charge is 0.292 e. The third-order valence-corrected chi connectivity index (χ3v) is 9.96. The van der Waals surface area contributed by atoms with Crippen molar-refractivity contribution in [2.45, 2.75) is 6.92 Å². The number of aromatic nitrogens is 2. The van der Waals surface area contributed by atoms with Crippen molar-refractivity contribution in [1.29, 1.82) is 0 Å². The fourth-order valence-electron chi connectivity index (χ4n) is 7.51. The summed E-state index contributed by atoms with van der Waals surface area (Å²) in [4.78, 5) is 5.10. The average molecular weight is 665 g/mol. The van der Waals surface area contributed by atoms with Gasteiger partial charge in [0.25, 0.3) is 0 Å². The fraction of sp³-hybridized carbons (Fsp3) is 0.0200. The van der Waals surface area contributed by atoms with Crippen molar-refractivity contribution in [3.63, 3.8) is 0 Å². The summed E-state index contributed by atoms with van der Waals surface area (Å²) in [6, 6.07) is 63.1. The van der Waals surface area contributed by atoms with Crippen LogP contribution in [0.25, 0.3) is 89.1 Å². The molecule has 0 saturated carbocycles. The molecule has 0 aliphatic heterocycles. The van der Waals surface area contributed by atoms with E-state index in [0.717, 1.165) is 28.1 Å². The van der Waals surface area contributed by atoms with Gasteiger partial charge in [-0.1, -0.05) is 170 Å². The zero-order valence-corrected chi connectivity index (χ0v) is 28.9. The second-order valence-corrected chi connectivity index (χ2v) is 13.1. The van der Waals surface area contributed by atoms with Crippen LogP contribution >= 0.6 is 0 Å². The predicted octanol–water partition coefficient (Wildman–Crippen LogP) is 13.6. The number of benzene rings is 8. The molecule has 0 atom stereocenters. The van der Waals surface area contributed by atoms with E-state index in [1.54, 1.807) is 0 Å². The van der Waals surface area contributed by atoms with Gasteiger partial charge in [-0.25, -0.2) is 4.98 Å². The Morgan fingerprint density at radius 2 is 1.10 bits per heavy atom. The van der Waals surface area contributed by atoms with E-state index in [1.807, 2.05) is 6.07 Å². The molecular formula is C50H36N2. The van der Waals surface area contributed by atoms with Crippen molar-refractivity contribution in [3.8, 4) is 50.5 Å². The Morgan fingerprint density at radius 1 is 0.481 bits per heavy atom. The second-order valence-electron chi connectivity index (χ2n) is 13.1. The monoisotopic (exact) mass is 664 g/mol. The van der Waals surface area contributed by atoms with E-state index < -0.39 is 0 Å². The van der Waals surface area contributed by atoms with Gasteiger partial charge < -0.3 is 0 Å². The minimum Gasteiger partial charge on any atom is -0.292 e. The maximum Gasteiger partial charge on any atom is 0.145 e. The summed E-state index contributed by atoms with van der Waals surface area (Å²) in [5.41, 5.74) is 12.7. The summed E-state index contributed by atoms with van der Waals surface area (Å²) in [7, 11) is 0. The third kappa shape index (κ3) is 5.61. The Labute approximate surface area is 304 Å². The highest BCUT2D eigenvalue weighted by molar-refractivity contribution is 6.08. The number of hydrogen-bond donors (Lipinski definition) is 0. The zero-order chi connectivity index (χ0) is 34.9. The molecule has 2 heteroatoms. The molecule has 0 aliphatic rings. The quantitative estimate of drug-likeness (QED) is 0.155. The maximum atomic E-state index is 5.10. The lowest BCUT2D eigenvalue weighted by Gasteiger charge is -2.17. The first-order valence-electron chi connectivity index (χ1n) is 17.8. The van der Waals surface area contributed by atoms with Crippen LogP contribution < -0.4 is 0 Å². The summed E-state index contributed by atoms with van der Waals surface area (Å²) in [5, 5.41) is 4.98. The second kappa shape index (κ2) is 13.5. The van der Waals surface area contributed by atoms with E-state index in [4.69, 9.17) is 4.98 Å². The number of imidazole rings is 1. The molecule has 246 valence electrons. The molecule has 2 nitrogen and oxygen atoms in total. The van der Waals surface area contributed by atoms with Gasteiger partial charge in [0.15, 0.2) is 0 Å². The van der Waals surface area contributed by atoms with Crippen LogP contribution in [0.4, 0.5) is 0 Å². The molecule has 8 aromatic carbocycles. The highest BCUT2D eigenvalue weighted by Crippen LogP contribution is 2.41. The molecule has 0 unspecified atom stereocenters. The van der Waals surface area contributed by atoms with Gasteiger partial charge in [0.2, 0.25) is 0 Å². The molecule has 0 radical (unpaired) electrons. The average Bonchev–Trinajstić information content (AvgIpc) is 3.61. The van der Waals surface area contributed by atoms with Crippen molar-refractivity contribution in [3.05, 3.63) is 200 Å². The smallest absolute Gasteiger partial charge is 0.145 e. The highest BCUT2D eigenvalue weighted by atomic mass is 15.1. The normalized spacial score (nSPS) is 11.8. The Kier molecular flexibility index (Phi) is 8.11. The molecule has 0 amide bonds. The van der Waals surface area contributed by atoms with Gasteiger partial charge in [-0.05, 0) is 97.7 Å². The third-order valence-electron chi connectivity index (χ3n) is 9.96. The minimum absolute atomic E-state index is 0.932. The summed E-state index contributed by atoms with van der Waals surface area (Å²) >= 11 is 0. The fourth-order valence-corrected chi connectivity index (χ4v) is 7.51. The van der Waals surface area contributed by atoms with Gasteiger partial charge >= 0.3 is 0 Å². The van der Waals surface area contributed by atoms with Crippen molar-refractivity contribution in [2.24, 2.45) is 0 Å². The zero-order valence-electron chi connectivity index (χ0n) is 28.9.